The third-order valence-electron chi connectivity index (χ3n) is 5.80. The molecule has 0 aromatic rings. The molecule has 0 spiro atoms. The van der Waals surface area contributed by atoms with Gasteiger partial charge in [0.25, 0.3) is 11.8 Å². The number of aliphatic carboxylic acids is 1. The molecule has 0 aliphatic carbocycles. The molecule has 0 bridgehead atoms. The van der Waals surface area contributed by atoms with E-state index >= 15 is 0 Å². The fraction of sp³-hybridized carbons (Fsp3) is 0.643. The smallest absolute Gasteiger partial charge is 0.434 e. The zero-order valence-corrected chi connectivity index (χ0v) is 24.6. The van der Waals surface area contributed by atoms with E-state index in [1.165, 1.54) is 4.90 Å². The summed E-state index contributed by atoms with van der Waals surface area (Å²) in [6, 6.07) is 0. The molecule has 3 aliphatic heterocycles. The molecule has 2 N–H and O–H groups in total. The Labute approximate surface area is 246 Å². The number of terminal acetylenes is 2. The van der Waals surface area contributed by atoms with E-state index < -0.39 is 23.9 Å². The Bertz CT molecular complexity index is 1030. The van der Waals surface area contributed by atoms with Crippen LogP contribution < -0.4 is 5.32 Å². The second kappa shape index (κ2) is 18.2. The SMILES string of the molecule is C#CCCC(=O)N1CCN(C(=O)ON2C(=O)CCC2=O)CC1.C#CCCC(=O)O.CC(C)(C)OC(=O)N1CCNCC1. The molecular formula is C28H41N5O9. The molecule has 5 amide bonds. The van der Waals surface area contributed by atoms with Gasteiger partial charge in [-0.2, -0.15) is 0 Å². The van der Waals surface area contributed by atoms with E-state index in [2.05, 4.69) is 17.2 Å². The number of rotatable bonds is 5. The number of hydrogen-bond donors (Lipinski definition) is 2. The fourth-order valence-electron chi connectivity index (χ4n) is 3.62. The molecule has 0 saturated carbocycles. The molecule has 3 aliphatic rings. The van der Waals surface area contributed by atoms with Crippen LogP contribution in [0.25, 0.3) is 0 Å². The highest BCUT2D eigenvalue weighted by Gasteiger charge is 2.35. The minimum absolute atomic E-state index is 0.0455. The topological polar surface area (TPSA) is 166 Å². The Morgan fingerprint density at radius 3 is 1.74 bits per heavy atom. The fourth-order valence-corrected chi connectivity index (χ4v) is 3.62. The maximum Gasteiger partial charge on any atom is 0.434 e. The van der Waals surface area contributed by atoms with Crippen LogP contribution in [0.4, 0.5) is 9.59 Å². The highest BCUT2D eigenvalue weighted by Crippen LogP contribution is 2.14. The van der Waals surface area contributed by atoms with E-state index in [4.69, 9.17) is 27.5 Å². The molecule has 0 unspecified atom stereocenters. The summed E-state index contributed by atoms with van der Waals surface area (Å²) in [5, 5.41) is 11.7. The summed E-state index contributed by atoms with van der Waals surface area (Å²) >= 11 is 0. The molecular weight excluding hydrogens is 550 g/mol. The molecule has 14 nitrogen and oxygen atoms in total. The molecule has 0 radical (unpaired) electrons. The quantitative estimate of drug-likeness (QED) is 0.349. The number of carboxylic acid groups (broad SMARTS) is 1. The molecule has 0 aromatic carbocycles. The number of hydrogen-bond acceptors (Lipinski definition) is 9. The van der Waals surface area contributed by atoms with Crippen molar-refractivity contribution in [3.8, 4) is 24.7 Å². The number of imide groups is 1. The molecule has 3 heterocycles. The van der Waals surface area contributed by atoms with Crippen molar-refractivity contribution in [3.05, 3.63) is 0 Å². The van der Waals surface area contributed by atoms with Crippen molar-refractivity contribution in [2.75, 3.05) is 52.4 Å². The van der Waals surface area contributed by atoms with Crippen molar-refractivity contribution in [2.24, 2.45) is 0 Å². The lowest BCUT2D eigenvalue weighted by Crippen LogP contribution is -2.52. The summed E-state index contributed by atoms with van der Waals surface area (Å²) in [5.74, 6) is 2.72. The first-order chi connectivity index (χ1) is 19.8. The lowest BCUT2D eigenvalue weighted by molar-refractivity contribution is -0.174. The Morgan fingerprint density at radius 2 is 1.29 bits per heavy atom. The maximum absolute atomic E-state index is 11.9. The molecule has 232 valence electrons. The van der Waals surface area contributed by atoms with Gasteiger partial charge in [-0.3, -0.25) is 19.2 Å². The zero-order valence-electron chi connectivity index (χ0n) is 24.6. The van der Waals surface area contributed by atoms with Gasteiger partial charge in [0.05, 0.1) is 6.42 Å². The average molecular weight is 592 g/mol. The number of carbonyl (C=O) groups is 6. The summed E-state index contributed by atoms with van der Waals surface area (Å²) in [5.41, 5.74) is -0.387. The zero-order chi connectivity index (χ0) is 31.7. The van der Waals surface area contributed by atoms with Crippen LogP contribution >= 0.6 is 0 Å². The molecule has 42 heavy (non-hydrogen) atoms. The van der Waals surface area contributed by atoms with Crippen LogP contribution in [0.2, 0.25) is 0 Å². The summed E-state index contributed by atoms with van der Waals surface area (Å²) < 4.78 is 5.24. The van der Waals surface area contributed by atoms with E-state index in [9.17, 15) is 28.8 Å². The molecule has 0 atom stereocenters. The van der Waals surface area contributed by atoms with E-state index in [0.29, 0.717) is 31.0 Å². The van der Waals surface area contributed by atoms with E-state index in [0.717, 1.165) is 26.2 Å². The predicted molar refractivity (Wildman–Crippen MR) is 150 cm³/mol. The summed E-state index contributed by atoms with van der Waals surface area (Å²) in [6.07, 6.45) is 10.1. The summed E-state index contributed by atoms with van der Waals surface area (Å²) in [4.78, 5) is 77.2. The van der Waals surface area contributed by atoms with Gasteiger partial charge < -0.3 is 34.7 Å². The van der Waals surface area contributed by atoms with Gasteiger partial charge in [0.15, 0.2) is 0 Å². The number of ether oxygens (including phenoxy) is 1. The van der Waals surface area contributed by atoms with Crippen LogP contribution in [-0.4, -0.2) is 119 Å². The lowest BCUT2D eigenvalue weighted by atomic mass is 10.2. The van der Waals surface area contributed by atoms with Gasteiger partial charge in [0.2, 0.25) is 5.91 Å². The third kappa shape index (κ3) is 13.9. The second-order valence-corrected chi connectivity index (χ2v) is 10.3. The number of nitrogens with one attached hydrogen (secondary N) is 1. The van der Waals surface area contributed by atoms with Crippen LogP contribution in [0.5, 0.6) is 0 Å². The van der Waals surface area contributed by atoms with E-state index in [1.807, 2.05) is 20.8 Å². The number of nitrogens with zero attached hydrogens (tertiary/aromatic N) is 4. The van der Waals surface area contributed by atoms with Crippen molar-refractivity contribution in [1.29, 1.82) is 0 Å². The van der Waals surface area contributed by atoms with Crippen LogP contribution in [-0.2, 0) is 28.8 Å². The number of carbonyl (C=O) groups excluding carboxylic acids is 5. The first kappa shape index (κ1) is 35.7. The number of hydroxylamine groups is 2. The van der Waals surface area contributed by atoms with E-state index in [-0.39, 0.29) is 56.4 Å². The van der Waals surface area contributed by atoms with Crippen LogP contribution in [0.3, 0.4) is 0 Å². The van der Waals surface area contributed by atoms with Gasteiger partial charge in [0.1, 0.15) is 5.60 Å². The Balaban J connectivity index is 0.000000372. The Morgan fingerprint density at radius 1 is 0.810 bits per heavy atom. The molecule has 0 aromatic heterocycles. The van der Waals surface area contributed by atoms with Crippen LogP contribution in [0, 0.1) is 24.7 Å². The summed E-state index contributed by atoms with van der Waals surface area (Å²) in [7, 11) is 0. The molecule has 3 saturated heterocycles. The normalized spacial score (nSPS) is 16.6. The van der Waals surface area contributed by atoms with Crippen molar-refractivity contribution >= 4 is 35.9 Å². The molecule has 14 heteroatoms. The van der Waals surface area contributed by atoms with Gasteiger partial charge >= 0.3 is 18.2 Å². The highest BCUT2D eigenvalue weighted by molar-refractivity contribution is 6.01. The van der Waals surface area contributed by atoms with Gasteiger partial charge in [-0.15, -0.1) is 29.8 Å². The lowest BCUT2D eigenvalue weighted by Gasteiger charge is -2.34. The van der Waals surface area contributed by atoms with Gasteiger partial charge in [-0.25, -0.2) is 9.59 Å². The standard InChI is InChI=1S/C14H17N3O5.C9H18N2O2.C5H6O2/c1-2-3-4-11(18)15-7-9-16(10-8-15)14(21)22-17-12(19)5-6-13(17)20;1-9(2,3)13-8(12)11-6-4-10-5-7-11;1-2-3-4-5(6)7/h1H,3-10H2;10H,4-7H2,1-3H3;1H,3-4H2,(H,6,7). The maximum atomic E-state index is 11.9. The number of piperazine rings is 2. The van der Waals surface area contributed by atoms with Crippen LogP contribution in [0.15, 0.2) is 0 Å². The van der Waals surface area contributed by atoms with E-state index in [1.54, 1.807) is 9.80 Å². The Kier molecular flexibility index (Phi) is 15.5. The minimum Gasteiger partial charge on any atom is -0.481 e. The minimum atomic E-state index is -0.835. The second-order valence-electron chi connectivity index (χ2n) is 10.3. The van der Waals surface area contributed by atoms with Gasteiger partial charge in [0, 0.05) is 84.5 Å². The first-order valence-electron chi connectivity index (χ1n) is 13.7. The molecule has 3 rings (SSSR count). The Hall–Kier alpha value is -4.30. The van der Waals surface area contributed by atoms with Crippen molar-refractivity contribution in [2.45, 2.75) is 64.9 Å². The number of amides is 5. The largest absolute Gasteiger partial charge is 0.481 e. The third-order valence-corrected chi connectivity index (χ3v) is 5.80. The molecule has 3 fully saturated rings. The van der Waals surface area contributed by atoms with Crippen LogP contribution in [0.1, 0.15) is 59.3 Å². The predicted octanol–water partition coefficient (Wildman–Crippen LogP) is 1.06. The van der Waals surface area contributed by atoms with Crippen molar-refractivity contribution < 1.29 is 43.4 Å². The summed E-state index contributed by atoms with van der Waals surface area (Å²) in [6.45, 7) is 10.2. The average Bonchev–Trinajstić information content (AvgIpc) is 3.27. The van der Waals surface area contributed by atoms with Crippen molar-refractivity contribution in [1.82, 2.24) is 25.1 Å². The van der Waals surface area contributed by atoms with Gasteiger partial charge in [-0.05, 0) is 20.8 Å². The van der Waals surface area contributed by atoms with Gasteiger partial charge in [-0.1, -0.05) is 0 Å². The number of carboxylic acids is 1. The first-order valence-corrected chi connectivity index (χ1v) is 13.7. The monoisotopic (exact) mass is 591 g/mol. The highest BCUT2D eigenvalue weighted by atomic mass is 16.7. The van der Waals surface area contributed by atoms with Crippen molar-refractivity contribution in [3.63, 3.8) is 0 Å².